The summed E-state index contributed by atoms with van der Waals surface area (Å²) >= 11 is 0. The van der Waals surface area contributed by atoms with Crippen molar-refractivity contribution in [2.24, 2.45) is 17.5 Å². The normalized spacial score (nSPS) is 20.6. The van der Waals surface area contributed by atoms with E-state index in [1.807, 2.05) is 30.3 Å². The number of aromatic nitrogens is 1. The van der Waals surface area contributed by atoms with Crippen LogP contribution in [-0.2, 0) is 0 Å². The molecule has 1 saturated carbocycles. The second kappa shape index (κ2) is 8.24. The molecule has 1 amide bonds. The van der Waals surface area contributed by atoms with Gasteiger partial charge >= 0.3 is 0 Å². The summed E-state index contributed by atoms with van der Waals surface area (Å²) in [6, 6.07) is 11.3. The van der Waals surface area contributed by atoms with Crippen LogP contribution in [-0.4, -0.2) is 39.9 Å². The van der Waals surface area contributed by atoms with Gasteiger partial charge in [0, 0.05) is 30.4 Å². The van der Waals surface area contributed by atoms with Gasteiger partial charge in [0.25, 0.3) is 5.91 Å². The molecule has 1 heterocycles. The van der Waals surface area contributed by atoms with Crippen LogP contribution in [0.2, 0.25) is 0 Å². The molecule has 1 aliphatic rings. The second-order valence-corrected chi connectivity index (χ2v) is 6.95. The van der Waals surface area contributed by atoms with Gasteiger partial charge in [0.05, 0.1) is 11.8 Å². The van der Waals surface area contributed by atoms with Crippen LogP contribution in [0.3, 0.4) is 0 Å². The number of hydrazine groups is 1. The minimum atomic E-state index is -0.729. The van der Waals surface area contributed by atoms with Crippen LogP contribution in [0.25, 0.3) is 11.3 Å². The Balaban J connectivity index is 1.46. The highest BCUT2D eigenvalue weighted by atomic mass is 16.5. The van der Waals surface area contributed by atoms with E-state index in [2.05, 4.69) is 10.5 Å². The third-order valence-corrected chi connectivity index (χ3v) is 4.64. The molecule has 0 bridgehead atoms. The average Bonchev–Trinajstić information content (AvgIpc) is 3.10. The van der Waals surface area contributed by atoms with Crippen LogP contribution >= 0.6 is 0 Å². The Hall–Kier alpha value is -2.84. The standard InChI is InChI=1S/C19H25N5O3/c1-12(25)16(20)11-24(21)10-13-7-15(8-13)22-19(26)18-9-17(23-27-18)14-5-3-2-4-6-14/h2-6,9,11-13,15,25H,7-8,10,20-21H2,1H3,(H,22,26)/b16-11-/t12?,13-,15+. The van der Waals surface area contributed by atoms with Gasteiger partial charge in [-0.2, -0.15) is 0 Å². The van der Waals surface area contributed by atoms with Gasteiger partial charge < -0.3 is 25.7 Å². The number of hydrogen-bond donors (Lipinski definition) is 4. The lowest BCUT2D eigenvalue weighted by molar-refractivity contribution is 0.0836. The van der Waals surface area contributed by atoms with Gasteiger partial charge in [-0.1, -0.05) is 35.5 Å². The fourth-order valence-electron chi connectivity index (χ4n) is 3.04. The topological polar surface area (TPSA) is 131 Å². The molecule has 1 fully saturated rings. The van der Waals surface area contributed by atoms with E-state index in [0.717, 1.165) is 18.4 Å². The number of benzene rings is 1. The van der Waals surface area contributed by atoms with Gasteiger partial charge in [-0.15, -0.1) is 0 Å². The Labute approximate surface area is 157 Å². The van der Waals surface area contributed by atoms with Crippen LogP contribution in [0.1, 0.15) is 30.3 Å². The van der Waals surface area contributed by atoms with Gasteiger partial charge in [0.15, 0.2) is 0 Å². The van der Waals surface area contributed by atoms with Gasteiger partial charge in [0.1, 0.15) is 5.69 Å². The maximum atomic E-state index is 12.3. The van der Waals surface area contributed by atoms with E-state index in [9.17, 15) is 9.90 Å². The zero-order valence-electron chi connectivity index (χ0n) is 15.2. The number of amides is 1. The molecule has 0 spiro atoms. The molecule has 1 unspecified atom stereocenters. The van der Waals surface area contributed by atoms with E-state index in [4.69, 9.17) is 16.1 Å². The quantitative estimate of drug-likeness (QED) is 0.425. The molecule has 144 valence electrons. The molecule has 1 aromatic carbocycles. The summed E-state index contributed by atoms with van der Waals surface area (Å²) in [5.74, 6) is 6.16. The van der Waals surface area contributed by atoms with Crippen molar-refractivity contribution in [2.45, 2.75) is 31.9 Å². The number of aliphatic hydroxyl groups is 1. The highest BCUT2D eigenvalue weighted by molar-refractivity contribution is 5.92. The monoisotopic (exact) mass is 371 g/mol. The molecular formula is C19H25N5O3. The zero-order chi connectivity index (χ0) is 19.4. The van der Waals surface area contributed by atoms with Crippen LogP contribution in [0.4, 0.5) is 0 Å². The van der Waals surface area contributed by atoms with Gasteiger partial charge in [-0.3, -0.25) is 4.79 Å². The van der Waals surface area contributed by atoms with E-state index < -0.39 is 6.10 Å². The predicted octanol–water partition coefficient (Wildman–Crippen LogP) is 1.21. The first-order valence-electron chi connectivity index (χ1n) is 8.92. The number of rotatable bonds is 7. The lowest BCUT2D eigenvalue weighted by Gasteiger charge is -2.37. The molecule has 2 aromatic rings. The lowest BCUT2D eigenvalue weighted by atomic mass is 9.80. The number of nitrogens with two attached hydrogens (primary N) is 2. The molecule has 1 aliphatic carbocycles. The zero-order valence-corrected chi connectivity index (χ0v) is 15.2. The van der Waals surface area contributed by atoms with E-state index in [1.165, 1.54) is 11.2 Å². The van der Waals surface area contributed by atoms with Gasteiger partial charge in [-0.05, 0) is 25.7 Å². The minimum Gasteiger partial charge on any atom is -0.399 e. The Morgan fingerprint density at radius 1 is 1.44 bits per heavy atom. The summed E-state index contributed by atoms with van der Waals surface area (Å²) < 4.78 is 5.17. The highest BCUT2D eigenvalue weighted by Gasteiger charge is 2.32. The smallest absolute Gasteiger partial charge is 0.290 e. The number of aliphatic hydroxyl groups excluding tert-OH is 1. The molecular weight excluding hydrogens is 346 g/mol. The fourth-order valence-corrected chi connectivity index (χ4v) is 3.04. The number of carbonyl (C=O) groups excluding carboxylic acids is 1. The molecule has 0 radical (unpaired) electrons. The molecule has 0 saturated heterocycles. The van der Waals surface area contributed by atoms with E-state index in [0.29, 0.717) is 23.9 Å². The van der Waals surface area contributed by atoms with Crippen molar-refractivity contribution in [2.75, 3.05) is 6.54 Å². The maximum Gasteiger partial charge on any atom is 0.290 e. The van der Waals surface area contributed by atoms with E-state index >= 15 is 0 Å². The van der Waals surface area contributed by atoms with Crippen LogP contribution in [0.5, 0.6) is 0 Å². The number of carbonyl (C=O) groups is 1. The number of nitrogens with one attached hydrogen (secondary N) is 1. The van der Waals surface area contributed by atoms with Crippen molar-refractivity contribution in [3.63, 3.8) is 0 Å². The summed E-state index contributed by atoms with van der Waals surface area (Å²) in [4.78, 5) is 12.3. The molecule has 0 aliphatic heterocycles. The summed E-state index contributed by atoms with van der Waals surface area (Å²) in [5.41, 5.74) is 7.52. The highest BCUT2D eigenvalue weighted by Crippen LogP contribution is 2.28. The van der Waals surface area contributed by atoms with Gasteiger partial charge in [-0.25, -0.2) is 5.84 Å². The van der Waals surface area contributed by atoms with Crippen molar-refractivity contribution in [3.8, 4) is 11.3 Å². The van der Waals surface area contributed by atoms with Crippen molar-refractivity contribution in [3.05, 3.63) is 54.1 Å². The second-order valence-electron chi connectivity index (χ2n) is 6.95. The first kappa shape index (κ1) is 18.9. The Kier molecular flexibility index (Phi) is 5.78. The fraction of sp³-hybridized carbons (Fsp3) is 0.368. The van der Waals surface area contributed by atoms with Crippen molar-refractivity contribution in [1.29, 1.82) is 0 Å². The molecule has 27 heavy (non-hydrogen) atoms. The van der Waals surface area contributed by atoms with Crippen LogP contribution in [0.15, 0.2) is 52.8 Å². The molecule has 6 N–H and O–H groups in total. The van der Waals surface area contributed by atoms with Crippen LogP contribution in [0, 0.1) is 5.92 Å². The maximum absolute atomic E-state index is 12.3. The number of hydrogen-bond acceptors (Lipinski definition) is 7. The number of nitrogens with zero attached hydrogens (tertiary/aromatic N) is 2. The molecule has 8 nitrogen and oxygen atoms in total. The molecule has 8 heteroatoms. The Bertz CT molecular complexity index is 797. The van der Waals surface area contributed by atoms with Crippen molar-refractivity contribution >= 4 is 5.91 Å². The SMILES string of the molecule is CC(O)/C(N)=C/N(N)C[C@H]1C[C@@H](NC(=O)c2cc(-c3ccccc3)no2)C1. The van der Waals surface area contributed by atoms with Crippen molar-refractivity contribution in [1.82, 2.24) is 15.5 Å². The summed E-state index contributed by atoms with van der Waals surface area (Å²) in [6.45, 7) is 2.20. The predicted molar refractivity (Wildman–Crippen MR) is 101 cm³/mol. The van der Waals surface area contributed by atoms with Crippen LogP contribution < -0.4 is 16.9 Å². The van der Waals surface area contributed by atoms with Crippen molar-refractivity contribution < 1.29 is 14.4 Å². The van der Waals surface area contributed by atoms with E-state index in [1.54, 1.807) is 13.0 Å². The molecule has 3 rings (SSSR count). The van der Waals surface area contributed by atoms with Gasteiger partial charge in [0.2, 0.25) is 5.76 Å². The third kappa shape index (κ3) is 4.87. The largest absolute Gasteiger partial charge is 0.399 e. The molecule has 1 aromatic heterocycles. The summed E-state index contributed by atoms with van der Waals surface area (Å²) in [6.07, 6.45) is 2.45. The minimum absolute atomic E-state index is 0.0827. The summed E-state index contributed by atoms with van der Waals surface area (Å²) in [7, 11) is 0. The summed E-state index contributed by atoms with van der Waals surface area (Å²) in [5, 5.41) is 17.7. The molecule has 1 atom stereocenters. The van der Waals surface area contributed by atoms with E-state index in [-0.39, 0.29) is 17.7 Å². The Morgan fingerprint density at radius 3 is 2.81 bits per heavy atom. The Morgan fingerprint density at radius 2 is 2.15 bits per heavy atom. The lowest BCUT2D eigenvalue weighted by Crippen LogP contribution is -2.48. The first-order valence-corrected chi connectivity index (χ1v) is 8.92. The average molecular weight is 371 g/mol. The third-order valence-electron chi connectivity index (χ3n) is 4.64. The first-order chi connectivity index (χ1) is 12.9.